The van der Waals surface area contributed by atoms with Gasteiger partial charge in [0, 0.05) is 6.42 Å². The van der Waals surface area contributed by atoms with Crippen molar-refractivity contribution in [1.29, 1.82) is 0 Å². The lowest BCUT2D eigenvalue weighted by Crippen LogP contribution is -2.47. The van der Waals surface area contributed by atoms with Crippen molar-refractivity contribution in [3.05, 3.63) is 11.7 Å². The number of unbranched alkanes of at least 4 members (excludes halogenated alkanes) is 2. The smallest absolute Gasteiger partial charge is 0.243 e. The van der Waals surface area contributed by atoms with Crippen molar-refractivity contribution in [2.75, 3.05) is 0 Å². The van der Waals surface area contributed by atoms with Crippen LogP contribution in [0.15, 0.2) is 4.52 Å². The van der Waals surface area contributed by atoms with E-state index in [1.807, 2.05) is 0 Å². The number of nitrogens with zero attached hydrogens (tertiary/aromatic N) is 2. The molecule has 4 saturated carbocycles. The number of nitrogens with two attached hydrogens (primary N) is 1. The van der Waals surface area contributed by atoms with Gasteiger partial charge in [-0.3, -0.25) is 0 Å². The molecule has 5 rings (SSSR count). The summed E-state index contributed by atoms with van der Waals surface area (Å²) < 4.78 is 5.48. The quantitative estimate of drug-likeness (QED) is 0.757. The predicted molar refractivity (Wildman–Crippen MR) is 89.7 cm³/mol. The van der Waals surface area contributed by atoms with Crippen molar-refractivity contribution in [2.45, 2.75) is 83.6 Å². The fraction of sp³-hybridized carbons (Fsp3) is 0.895. The van der Waals surface area contributed by atoms with Crippen LogP contribution in [-0.4, -0.2) is 10.1 Å². The molecule has 0 saturated heterocycles. The minimum absolute atomic E-state index is 0.0841. The highest BCUT2D eigenvalue weighted by Gasteiger charge is 2.51. The van der Waals surface area contributed by atoms with Crippen LogP contribution in [0.1, 0.15) is 88.9 Å². The predicted octanol–water partition coefficient (Wildman–Crippen LogP) is 4.41. The van der Waals surface area contributed by atoms with Crippen LogP contribution in [0.5, 0.6) is 0 Å². The molecule has 2 N–H and O–H groups in total. The topological polar surface area (TPSA) is 64.9 Å². The zero-order valence-electron chi connectivity index (χ0n) is 14.5. The SMILES string of the molecule is CCCCC[C@H](N)c1nc(CC23CC4CC(CC(C4)C2)C3)no1. The highest BCUT2D eigenvalue weighted by molar-refractivity contribution is 5.06. The third-order valence-electron chi connectivity index (χ3n) is 6.62. The summed E-state index contributed by atoms with van der Waals surface area (Å²) in [6, 6.07) is -0.0841. The van der Waals surface area contributed by atoms with Crippen molar-refractivity contribution in [3.8, 4) is 0 Å². The third-order valence-corrected chi connectivity index (χ3v) is 6.62. The van der Waals surface area contributed by atoms with E-state index < -0.39 is 0 Å². The average molecular weight is 317 g/mol. The molecule has 4 fully saturated rings. The first-order valence-electron chi connectivity index (χ1n) is 9.74. The Labute approximate surface area is 139 Å². The normalized spacial score (nSPS) is 36.5. The molecule has 4 heteroatoms. The fourth-order valence-electron chi connectivity index (χ4n) is 6.07. The van der Waals surface area contributed by atoms with Gasteiger partial charge in [-0.15, -0.1) is 0 Å². The third kappa shape index (κ3) is 3.19. The van der Waals surface area contributed by atoms with Gasteiger partial charge in [-0.25, -0.2) is 0 Å². The maximum atomic E-state index is 6.21. The molecule has 0 amide bonds. The lowest BCUT2D eigenvalue weighted by Gasteiger charge is -2.56. The summed E-state index contributed by atoms with van der Waals surface area (Å²) in [5, 5.41) is 4.28. The van der Waals surface area contributed by atoms with Gasteiger partial charge in [0.15, 0.2) is 5.82 Å². The van der Waals surface area contributed by atoms with E-state index in [0.29, 0.717) is 11.3 Å². The lowest BCUT2D eigenvalue weighted by atomic mass is 9.49. The second kappa shape index (κ2) is 6.19. The van der Waals surface area contributed by atoms with Crippen molar-refractivity contribution < 1.29 is 4.52 Å². The molecule has 0 spiro atoms. The summed E-state index contributed by atoms with van der Waals surface area (Å²) >= 11 is 0. The van der Waals surface area contributed by atoms with Crippen LogP contribution in [0.3, 0.4) is 0 Å². The van der Waals surface area contributed by atoms with E-state index in [-0.39, 0.29) is 6.04 Å². The molecular weight excluding hydrogens is 286 g/mol. The Balaban J connectivity index is 1.40. The van der Waals surface area contributed by atoms with Gasteiger partial charge >= 0.3 is 0 Å². The largest absolute Gasteiger partial charge is 0.338 e. The van der Waals surface area contributed by atoms with Crippen LogP contribution in [0.25, 0.3) is 0 Å². The molecule has 1 aromatic heterocycles. The van der Waals surface area contributed by atoms with Gasteiger partial charge < -0.3 is 10.3 Å². The van der Waals surface area contributed by atoms with Gasteiger partial charge in [0.2, 0.25) is 5.89 Å². The second-order valence-corrected chi connectivity index (χ2v) is 8.75. The van der Waals surface area contributed by atoms with Crippen LogP contribution in [-0.2, 0) is 6.42 Å². The van der Waals surface area contributed by atoms with Crippen LogP contribution < -0.4 is 5.73 Å². The summed E-state index contributed by atoms with van der Waals surface area (Å²) in [4.78, 5) is 4.66. The maximum Gasteiger partial charge on any atom is 0.243 e. The van der Waals surface area contributed by atoms with E-state index in [2.05, 4.69) is 17.1 Å². The zero-order chi connectivity index (χ0) is 15.9. The van der Waals surface area contributed by atoms with E-state index >= 15 is 0 Å². The van der Waals surface area contributed by atoms with Crippen LogP contribution >= 0.6 is 0 Å². The molecule has 4 aliphatic carbocycles. The van der Waals surface area contributed by atoms with Crippen LogP contribution in [0.4, 0.5) is 0 Å². The molecule has 4 bridgehead atoms. The first-order valence-corrected chi connectivity index (χ1v) is 9.74. The van der Waals surface area contributed by atoms with E-state index in [4.69, 9.17) is 10.3 Å². The molecule has 1 atom stereocenters. The number of rotatable bonds is 7. The van der Waals surface area contributed by atoms with E-state index in [0.717, 1.165) is 42.8 Å². The van der Waals surface area contributed by atoms with Crippen molar-refractivity contribution in [2.24, 2.45) is 28.9 Å². The summed E-state index contributed by atoms with van der Waals surface area (Å²) in [7, 11) is 0. The van der Waals surface area contributed by atoms with Gasteiger partial charge in [-0.2, -0.15) is 4.98 Å². The number of aromatic nitrogens is 2. The molecule has 1 heterocycles. The Morgan fingerprint density at radius 2 is 1.78 bits per heavy atom. The Hall–Kier alpha value is -0.900. The van der Waals surface area contributed by atoms with Crippen LogP contribution in [0.2, 0.25) is 0 Å². The van der Waals surface area contributed by atoms with Gasteiger partial charge in [0.25, 0.3) is 0 Å². The van der Waals surface area contributed by atoms with E-state index in [1.165, 1.54) is 51.4 Å². The van der Waals surface area contributed by atoms with Crippen LogP contribution in [0, 0.1) is 23.2 Å². The molecule has 4 nitrogen and oxygen atoms in total. The highest BCUT2D eigenvalue weighted by atomic mass is 16.5. The Morgan fingerprint density at radius 3 is 2.39 bits per heavy atom. The highest BCUT2D eigenvalue weighted by Crippen LogP contribution is 2.60. The van der Waals surface area contributed by atoms with Gasteiger partial charge in [0.1, 0.15) is 0 Å². The van der Waals surface area contributed by atoms with E-state index in [9.17, 15) is 0 Å². The lowest BCUT2D eigenvalue weighted by molar-refractivity contribution is -0.0533. The summed E-state index contributed by atoms with van der Waals surface area (Å²) in [6.07, 6.45) is 14.2. The first-order chi connectivity index (χ1) is 11.2. The Morgan fingerprint density at radius 1 is 1.13 bits per heavy atom. The molecule has 128 valence electrons. The zero-order valence-corrected chi connectivity index (χ0v) is 14.5. The minimum atomic E-state index is -0.0841. The molecule has 23 heavy (non-hydrogen) atoms. The number of hydrogen-bond acceptors (Lipinski definition) is 4. The second-order valence-electron chi connectivity index (χ2n) is 8.75. The first kappa shape index (κ1) is 15.6. The van der Waals surface area contributed by atoms with Gasteiger partial charge in [-0.05, 0) is 68.1 Å². The van der Waals surface area contributed by atoms with Crippen molar-refractivity contribution in [3.63, 3.8) is 0 Å². The monoisotopic (exact) mass is 317 g/mol. The molecule has 0 aliphatic heterocycles. The van der Waals surface area contributed by atoms with E-state index in [1.54, 1.807) is 0 Å². The Bertz CT molecular complexity index is 503. The molecule has 4 aliphatic rings. The fourth-order valence-corrected chi connectivity index (χ4v) is 6.07. The molecule has 0 aromatic carbocycles. The van der Waals surface area contributed by atoms with Crippen molar-refractivity contribution in [1.82, 2.24) is 10.1 Å². The standard InChI is InChI=1S/C19H31N3O/c1-2-3-4-5-16(20)18-21-17(22-23-18)12-19-9-13-6-14(10-19)8-15(7-13)11-19/h13-16H,2-12,20H2,1H3/t13?,14?,15?,16-,19?/m0/s1. The van der Waals surface area contributed by atoms with Crippen molar-refractivity contribution >= 4 is 0 Å². The van der Waals surface area contributed by atoms with Gasteiger partial charge in [0.05, 0.1) is 6.04 Å². The molecule has 1 aromatic rings. The number of hydrogen-bond donors (Lipinski definition) is 1. The molecular formula is C19H31N3O. The summed E-state index contributed by atoms with van der Waals surface area (Å²) in [5.74, 6) is 4.49. The minimum Gasteiger partial charge on any atom is -0.338 e. The maximum absolute atomic E-state index is 6.21. The molecule has 0 radical (unpaired) electrons. The summed E-state index contributed by atoms with van der Waals surface area (Å²) in [5.41, 5.74) is 6.69. The molecule has 0 unspecified atom stereocenters. The summed E-state index contributed by atoms with van der Waals surface area (Å²) in [6.45, 7) is 2.21. The van der Waals surface area contributed by atoms with Gasteiger partial charge in [-0.1, -0.05) is 31.3 Å². The Kier molecular flexibility index (Phi) is 4.21. The average Bonchev–Trinajstić information content (AvgIpc) is 2.93.